The minimum Gasteiger partial charge on any atom is -0.462 e. The SMILES string of the molecule is CCOC(=O)c1ccc(C)c(C)c1CC. The first-order valence-corrected chi connectivity index (χ1v) is 5.38. The van der Waals surface area contributed by atoms with Gasteiger partial charge in [-0.25, -0.2) is 4.79 Å². The van der Waals surface area contributed by atoms with Gasteiger partial charge in [-0.3, -0.25) is 0 Å². The second kappa shape index (κ2) is 4.96. The Bertz CT molecular complexity index is 367. The number of ether oxygens (including phenoxy) is 1. The van der Waals surface area contributed by atoms with Crippen LogP contribution in [0.2, 0.25) is 0 Å². The van der Waals surface area contributed by atoms with Gasteiger partial charge in [0.25, 0.3) is 0 Å². The van der Waals surface area contributed by atoms with E-state index >= 15 is 0 Å². The molecule has 0 unspecified atom stereocenters. The van der Waals surface area contributed by atoms with Gasteiger partial charge in [0, 0.05) is 0 Å². The van der Waals surface area contributed by atoms with Crippen LogP contribution in [0.4, 0.5) is 0 Å². The average molecular weight is 206 g/mol. The molecule has 0 aliphatic heterocycles. The largest absolute Gasteiger partial charge is 0.462 e. The molecule has 0 aliphatic rings. The molecule has 0 atom stereocenters. The van der Waals surface area contributed by atoms with Crippen molar-refractivity contribution in [2.75, 3.05) is 6.61 Å². The van der Waals surface area contributed by atoms with Gasteiger partial charge in [0.15, 0.2) is 0 Å². The van der Waals surface area contributed by atoms with Crippen LogP contribution in [0.1, 0.15) is 40.9 Å². The Morgan fingerprint density at radius 3 is 2.47 bits per heavy atom. The van der Waals surface area contributed by atoms with E-state index in [0.29, 0.717) is 12.2 Å². The minimum absolute atomic E-state index is 0.211. The summed E-state index contributed by atoms with van der Waals surface area (Å²) in [7, 11) is 0. The van der Waals surface area contributed by atoms with Crippen molar-refractivity contribution >= 4 is 5.97 Å². The van der Waals surface area contributed by atoms with Gasteiger partial charge in [0.05, 0.1) is 12.2 Å². The molecule has 0 aliphatic carbocycles. The van der Waals surface area contributed by atoms with Crippen LogP contribution in [0.5, 0.6) is 0 Å². The zero-order chi connectivity index (χ0) is 11.4. The van der Waals surface area contributed by atoms with Gasteiger partial charge >= 0.3 is 5.97 Å². The molecule has 0 N–H and O–H groups in total. The summed E-state index contributed by atoms with van der Waals surface area (Å²) < 4.78 is 5.03. The molecule has 0 saturated carbocycles. The van der Waals surface area contributed by atoms with E-state index in [9.17, 15) is 4.79 Å². The summed E-state index contributed by atoms with van der Waals surface area (Å²) in [5, 5.41) is 0. The molecule has 0 radical (unpaired) electrons. The van der Waals surface area contributed by atoms with E-state index < -0.39 is 0 Å². The third-order valence-electron chi connectivity index (χ3n) is 2.72. The number of carbonyl (C=O) groups is 1. The molecule has 1 rings (SSSR count). The number of aryl methyl sites for hydroxylation is 1. The fraction of sp³-hybridized carbons (Fsp3) is 0.462. The Kier molecular flexibility index (Phi) is 3.89. The van der Waals surface area contributed by atoms with E-state index in [1.807, 2.05) is 19.1 Å². The van der Waals surface area contributed by atoms with E-state index in [0.717, 1.165) is 12.0 Å². The highest BCUT2D eigenvalue weighted by molar-refractivity contribution is 5.91. The summed E-state index contributed by atoms with van der Waals surface area (Å²) in [5.41, 5.74) is 4.24. The van der Waals surface area contributed by atoms with E-state index in [-0.39, 0.29) is 5.97 Å². The van der Waals surface area contributed by atoms with Crippen LogP contribution in [0, 0.1) is 13.8 Å². The third-order valence-corrected chi connectivity index (χ3v) is 2.72. The van der Waals surface area contributed by atoms with E-state index in [1.54, 1.807) is 0 Å². The molecule has 82 valence electrons. The van der Waals surface area contributed by atoms with E-state index in [2.05, 4.69) is 20.8 Å². The molecule has 1 aromatic rings. The van der Waals surface area contributed by atoms with Gasteiger partial charge in [0.1, 0.15) is 0 Å². The molecule has 0 amide bonds. The first kappa shape index (κ1) is 11.8. The number of benzene rings is 1. The number of carbonyl (C=O) groups excluding carboxylic acids is 1. The Morgan fingerprint density at radius 2 is 1.93 bits per heavy atom. The Labute approximate surface area is 91.3 Å². The van der Waals surface area contributed by atoms with Crippen LogP contribution in [-0.2, 0) is 11.2 Å². The predicted molar refractivity (Wildman–Crippen MR) is 61.3 cm³/mol. The second-order valence-electron chi connectivity index (χ2n) is 3.61. The molecule has 0 saturated heterocycles. The summed E-state index contributed by atoms with van der Waals surface area (Å²) in [5.74, 6) is -0.211. The molecule has 1 aromatic carbocycles. The van der Waals surface area contributed by atoms with Crippen LogP contribution >= 0.6 is 0 Å². The lowest BCUT2D eigenvalue weighted by molar-refractivity contribution is 0.0525. The summed E-state index contributed by atoms with van der Waals surface area (Å²) in [6.07, 6.45) is 0.863. The summed E-state index contributed by atoms with van der Waals surface area (Å²) in [6, 6.07) is 3.83. The maximum atomic E-state index is 11.7. The normalized spacial score (nSPS) is 10.1. The number of hydrogen-bond donors (Lipinski definition) is 0. The van der Waals surface area contributed by atoms with Gasteiger partial charge in [0.2, 0.25) is 0 Å². The van der Waals surface area contributed by atoms with E-state index in [1.165, 1.54) is 11.1 Å². The number of hydrogen-bond acceptors (Lipinski definition) is 2. The van der Waals surface area contributed by atoms with Crippen molar-refractivity contribution in [3.05, 3.63) is 34.4 Å². The number of esters is 1. The fourth-order valence-electron chi connectivity index (χ4n) is 1.73. The molecule has 15 heavy (non-hydrogen) atoms. The van der Waals surface area contributed by atoms with Gasteiger partial charge in [-0.15, -0.1) is 0 Å². The van der Waals surface area contributed by atoms with Crippen molar-refractivity contribution in [2.24, 2.45) is 0 Å². The molecule has 0 spiro atoms. The lowest BCUT2D eigenvalue weighted by atomic mass is 9.96. The van der Waals surface area contributed by atoms with Crippen molar-refractivity contribution in [1.29, 1.82) is 0 Å². The number of rotatable bonds is 3. The first-order chi connectivity index (χ1) is 7.11. The molecule has 2 nitrogen and oxygen atoms in total. The topological polar surface area (TPSA) is 26.3 Å². The van der Waals surface area contributed by atoms with Crippen LogP contribution in [-0.4, -0.2) is 12.6 Å². The molecule has 0 fully saturated rings. The molecule has 0 aromatic heterocycles. The van der Waals surface area contributed by atoms with Gasteiger partial charge < -0.3 is 4.74 Å². The summed E-state index contributed by atoms with van der Waals surface area (Å²) >= 11 is 0. The van der Waals surface area contributed by atoms with Crippen molar-refractivity contribution < 1.29 is 9.53 Å². The molecule has 2 heteroatoms. The average Bonchev–Trinajstić information content (AvgIpc) is 2.22. The molecule has 0 heterocycles. The molecular weight excluding hydrogens is 188 g/mol. The van der Waals surface area contributed by atoms with E-state index in [4.69, 9.17) is 4.74 Å². The van der Waals surface area contributed by atoms with Crippen molar-refractivity contribution in [2.45, 2.75) is 34.1 Å². The van der Waals surface area contributed by atoms with Crippen molar-refractivity contribution in [3.63, 3.8) is 0 Å². The lowest BCUT2D eigenvalue weighted by Gasteiger charge is -2.12. The van der Waals surface area contributed by atoms with Gasteiger partial charge in [-0.2, -0.15) is 0 Å². The Hall–Kier alpha value is -1.31. The smallest absolute Gasteiger partial charge is 0.338 e. The molecular formula is C13H18O2. The van der Waals surface area contributed by atoms with Crippen molar-refractivity contribution in [3.8, 4) is 0 Å². The van der Waals surface area contributed by atoms with Crippen molar-refractivity contribution in [1.82, 2.24) is 0 Å². The Morgan fingerprint density at radius 1 is 1.27 bits per heavy atom. The fourth-order valence-corrected chi connectivity index (χ4v) is 1.73. The second-order valence-corrected chi connectivity index (χ2v) is 3.61. The first-order valence-electron chi connectivity index (χ1n) is 5.38. The highest BCUT2D eigenvalue weighted by Crippen LogP contribution is 2.19. The maximum Gasteiger partial charge on any atom is 0.338 e. The maximum absolute atomic E-state index is 11.7. The van der Waals surface area contributed by atoms with Crippen LogP contribution in [0.15, 0.2) is 12.1 Å². The monoisotopic (exact) mass is 206 g/mol. The Balaban J connectivity index is 3.18. The summed E-state index contributed by atoms with van der Waals surface area (Å²) in [6.45, 7) is 8.42. The van der Waals surface area contributed by atoms with Gasteiger partial charge in [-0.1, -0.05) is 13.0 Å². The highest BCUT2D eigenvalue weighted by atomic mass is 16.5. The zero-order valence-corrected chi connectivity index (χ0v) is 9.89. The quantitative estimate of drug-likeness (QED) is 0.710. The lowest BCUT2D eigenvalue weighted by Crippen LogP contribution is -2.09. The van der Waals surface area contributed by atoms with Gasteiger partial charge in [-0.05, 0) is 49.9 Å². The zero-order valence-electron chi connectivity index (χ0n) is 9.89. The third kappa shape index (κ3) is 2.38. The van der Waals surface area contributed by atoms with Crippen LogP contribution in [0.3, 0.4) is 0 Å². The minimum atomic E-state index is -0.211. The van der Waals surface area contributed by atoms with Crippen LogP contribution < -0.4 is 0 Å². The summed E-state index contributed by atoms with van der Waals surface area (Å²) in [4.78, 5) is 11.7. The standard InChI is InChI=1S/C13H18O2/c1-5-11-10(4)9(3)7-8-12(11)13(14)15-6-2/h7-8H,5-6H2,1-4H3. The predicted octanol–water partition coefficient (Wildman–Crippen LogP) is 3.04. The molecule has 0 bridgehead atoms. The van der Waals surface area contributed by atoms with Crippen LogP contribution in [0.25, 0.3) is 0 Å². The highest BCUT2D eigenvalue weighted by Gasteiger charge is 2.13.